The number of aromatic nitrogens is 2. The number of para-hydroxylation sites is 2. The molecule has 0 N–H and O–H groups in total. The number of hydrogen-bond donors (Lipinski definition) is 0. The first-order chi connectivity index (χ1) is 8.83. The Morgan fingerprint density at radius 2 is 1.83 bits per heavy atom. The number of fused-ring (bicyclic) bond motifs is 5. The summed E-state index contributed by atoms with van der Waals surface area (Å²) in [5.41, 5.74) is 3.96. The van der Waals surface area contributed by atoms with Crippen LogP contribution in [0.1, 0.15) is 0 Å². The van der Waals surface area contributed by atoms with Gasteiger partial charge >= 0.3 is 0 Å². The molecular formula is C15H9FN2. The molecule has 0 spiro atoms. The summed E-state index contributed by atoms with van der Waals surface area (Å²) >= 11 is 0. The Hall–Kier alpha value is -2.42. The van der Waals surface area contributed by atoms with Crippen molar-refractivity contribution in [2.45, 2.75) is 0 Å². The minimum absolute atomic E-state index is 0.212. The highest BCUT2D eigenvalue weighted by Crippen LogP contribution is 2.24. The van der Waals surface area contributed by atoms with Crippen LogP contribution in [-0.4, -0.2) is 9.38 Å². The van der Waals surface area contributed by atoms with Gasteiger partial charge in [0.2, 0.25) is 0 Å². The Bertz CT molecular complexity index is 893. The van der Waals surface area contributed by atoms with Crippen LogP contribution in [0.3, 0.4) is 0 Å². The van der Waals surface area contributed by atoms with Gasteiger partial charge in [0.05, 0.1) is 28.3 Å². The lowest BCUT2D eigenvalue weighted by Gasteiger charge is -2.03. The van der Waals surface area contributed by atoms with Crippen molar-refractivity contribution in [3.05, 3.63) is 60.5 Å². The Kier molecular flexibility index (Phi) is 1.75. The third-order valence-corrected chi connectivity index (χ3v) is 3.25. The second-order valence-electron chi connectivity index (χ2n) is 4.35. The van der Waals surface area contributed by atoms with Gasteiger partial charge in [-0.15, -0.1) is 0 Å². The van der Waals surface area contributed by atoms with Gasteiger partial charge < -0.3 is 4.40 Å². The predicted molar refractivity (Wildman–Crippen MR) is 70.2 cm³/mol. The molecule has 18 heavy (non-hydrogen) atoms. The van der Waals surface area contributed by atoms with Crippen LogP contribution >= 0.6 is 0 Å². The summed E-state index contributed by atoms with van der Waals surface area (Å²) in [4.78, 5) is 4.41. The van der Waals surface area contributed by atoms with E-state index in [1.54, 1.807) is 6.07 Å². The Labute approximate surface area is 102 Å². The van der Waals surface area contributed by atoms with E-state index in [-0.39, 0.29) is 5.82 Å². The van der Waals surface area contributed by atoms with Crippen LogP contribution in [-0.2, 0) is 0 Å². The van der Waals surface area contributed by atoms with Crippen LogP contribution in [0.15, 0.2) is 54.7 Å². The molecule has 4 rings (SSSR count). The average Bonchev–Trinajstić information content (AvgIpc) is 2.76. The van der Waals surface area contributed by atoms with E-state index in [9.17, 15) is 4.39 Å². The molecule has 0 aliphatic rings. The van der Waals surface area contributed by atoms with Crippen molar-refractivity contribution >= 4 is 27.5 Å². The molecule has 0 saturated carbocycles. The largest absolute Gasteiger partial charge is 0.306 e. The first-order valence-electron chi connectivity index (χ1n) is 5.77. The van der Waals surface area contributed by atoms with Crippen molar-refractivity contribution in [2.24, 2.45) is 0 Å². The maximum Gasteiger partial charge on any atom is 0.123 e. The minimum atomic E-state index is -0.212. The summed E-state index contributed by atoms with van der Waals surface area (Å²) in [5, 5.41) is 0.896. The van der Waals surface area contributed by atoms with Crippen LogP contribution in [0, 0.1) is 5.82 Å². The van der Waals surface area contributed by atoms with E-state index < -0.39 is 0 Å². The number of rotatable bonds is 0. The molecule has 0 fully saturated rings. The van der Waals surface area contributed by atoms with Gasteiger partial charge in [-0.3, -0.25) is 4.98 Å². The molecule has 2 heterocycles. The first kappa shape index (κ1) is 9.59. The van der Waals surface area contributed by atoms with Crippen molar-refractivity contribution in [3.8, 4) is 0 Å². The monoisotopic (exact) mass is 236 g/mol. The molecule has 0 atom stereocenters. The maximum absolute atomic E-state index is 13.3. The highest BCUT2D eigenvalue weighted by atomic mass is 19.1. The molecule has 0 aliphatic carbocycles. The standard InChI is InChI=1S/C15H9FN2/c16-11-5-6-14-10(7-11)8-12-9-17-13-3-1-2-4-15(13)18(12)14/h1-9H. The molecule has 3 heteroatoms. The fraction of sp³-hybridized carbons (Fsp3) is 0. The molecule has 0 amide bonds. The summed E-state index contributed by atoms with van der Waals surface area (Å²) in [6, 6.07) is 14.8. The number of halogens is 1. The summed E-state index contributed by atoms with van der Waals surface area (Å²) in [7, 11) is 0. The molecule has 2 aromatic heterocycles. The van der Waals surface area contributed by atoms with E-state index >= 15 is 0 Å². The topological polar surface area (TPSA) is 17.3 Å². The first-order valence-corrected chi connectivity index (χ1v) is 5.77. The van der Waals surface area contributed by atoms with Crippen molar-refractivity contribution < 1.29 is 4.39 Å². The van der Waals surface area contributed by atoms with Crippen molar-refractivity contribution in [2.75, 3.05) is 0 Å². The lowest BCUT2D eigenvalue weighted by molar-refractivity contribution is 0.629. The fourth-order valence-electron chi connectivity index (χ4n) is 2.47. The molecule has 0 bridgehead atoms. The minimum Gasteiger partial charge on any atom is -0.306 e. The highest BCUT2D eigenvalue weighted by molar-refractivity contribution is 5.92. The molecule has 2 aromatic carbocycles. The smallest absolute Gasteiger partial charge is 0.123 e. The Morgan fingerprint density at radius 1 is 0.944 bits per heavy atom. The summed E-state index contributed by atoms with van der Waals surface area (Å²) in [5.74, 6) is -0.212. The number of hydrogen-bond acceptors (Lipinski definition) is 1. The van der Waals surface area contributed by atoms with Gasteiger partial charge in [0.1, 0.15) is 5.82 Å². The van der Waals surface area contributed by atoms with Crippen LogP contribution in [0.4, 0.5) is 4.39 Å². The fourth-order valence-corrected chi connectivity index (χ4v) is 2.47. The molecule has 2 nitrogen and oxygen atoms in total. The summed E-state index contributed by atoms with van der Waals surface area (Å²) in [6.07, 6.45) is 1.82. The quantitative estimate of drug-likeness (QED) is 0.454. The van der Waals surface area contributed by atoms with E-state index in [0.29, 0.717) is 0 Å². The Balaban J connectivity index is 2.33. The van der Waals surface area contributed by atoms with Gasteiger partial charge in [-0.05, 0) is 36.4 Å². The number of benzene rings is 2. The average molecular weight is 236 g/mol. The van der Waals surface area contributed by atoms with E-state index in [0.717, 1.165) is 27.5 Å². The van der Waals surface area contributed by atoms with Gasteiger partial charge in [-0.1, -0.05) is 12.1 Å². The molecule has 0 radical (unpaired) electrons. The third kappa shape index (κ3) is 1.19. The molecule has 0 aliphatic heterocycles. The summed E-state index contributed by atoms with van der Waals surface area (Å²) < 4.78 is 15.4. The van der Waals surface area contributed by atoms with Crippen molar-refractivity contribution in [3.63, 3.8) is 0 Å². The molecule has 0 saturated heterocycles. The Morgan fingerprint density at radius 3 is 2.78 bits per heavy atom. The van der Waals surface area contributed by atoms with E-state index in [2.05, 4.69) is 9.38 Å². The highest BCUT2D eigenvalue weighted by Gasteiger charge is 2.07. The van der Waals surface area contributed by atoms with Crippen LogP contribution in [0.25, 0.3) is 27.5 Å². The van der Waals surface area contributed by atoms with Crippen LogP contribution in [0.2, 0.25) is 0 Å². The van der Waals surface area contributed by atoms with Crippen molar-refractivity contribution in [1.29, 1.82) is 0 Å². The zero-order valence-corrected chi connectivity index (χ0v) is 9.47. The zero-order chi connectivity index (χ0) is 12.1. The van der Waals surface area contributed by atoms with Crippen molar-refractivity contribution in [1.82, 2.24) is 9.38 Å². The van der Waals surface area contributed by atoms with Gasteiger partial charge in [0.15, 0.2) is 0 Å². The zero-order valence-electron chi connectivity index (χ0n) is 9.47. The molecule has 4 aromatic rings. The second kappa shape index (κ2) is 3.29. The lowest BCUT2D eigenvalue weighted by Crippen LogP contribution is -1.89. The van der Waals surface area contributed by atoms with E-state index in [4.69, 9.17) is 0 Å². The van der Waals surface area contributed by atoms with Gasteiger partial charge in [-0.2, -0.15) is 0 Å². The van der Waals surface area contributed by atoms with Gasteiger partial charge in [0.25, 0.3) is 0 Å². The predicted octanol–water partition coefficient (Wildman–Crippen LogP) is 3.78. The van der Waals surface area contributed by atoms with E-state index in [1.165, 1.54) is 6.07 Å². The lowest BCUT2D eigenvalue weighted by atomic mass is 10.2. The molecule has 0 unspecified atom stereocenters. The van der Waals surface area contributed by atoms with Crippen LogP contribution < -0.4 is 0 Å². The molecular weight excluding hydrogens is 227 g/mol. The SMILES string of the molecule is Fc1ccc2c(c1)cc1cnc3ccccc3n12. The molecule has 86 valence electrons. The van der Waals surface area contributed by atoms with E-state index in [1.807, 2.05) is 42.6 Å². The normalized spacial score (nSPS) is 11.6. The number of nitrogens with zero attached hydrogens (tertiary/aromatic N) is 2. The summed E-state index contributed by atoms with van der Waals surface area (Å²) in [6.45, 7) is 0. The maximum atomic E-state index is 13.3. The van der Waals surface area contributed by atoms with Crippen LogP contribution in [0.5, 0.6) is 0 Å². The second-order valence-corrected chi connectivity index (χ2v) is 4.35. The third-order valence-electron chi connectivity index (χ3n) is 3.25. The van der Waals surface area contributed by atoms with Gasteiger partial charge in [0, 0.05) is 5.39 Å². The van der Waals surface area contributed by atoms with Gasteiger partial charge in [-0.25, -0.2) is 4.39 Å².